The van der Waals surface area contributed by atoms with Crippen molar-refractivity contribution in [2.24, 2.45) is 0 Å². The van der Waals surface area contributed by atoms with Crippen LogP contribution in [0, 0.1) is 5.82 Å². The van der Waals surface area contributed by atoms with Crippen molar-refractivity contribution in [2.75, 3.05) is 13.1 Å². The van der Waals surface area contributed by atoms with Crippen LogP contribution in [0.15, 0.2) is 12.3 Å². The first-order valence-corrected chi connectivity index (χ1v) is 8.13. The lowest BCUT2D eigenvalue weighted by atomic mass is 10.1. The molecule has 24 heavy (non-hydrogen) atoms. The summed E-state index contributed by atoms with van der Waals surface area (Å²) in [5.74, 6) is -1.20. The SMILES string of the molecule is CC(C)(C)OC(=O)N1CCC[C@@H](NC(=O)c2cnc(Cl)c(F)c2)C1. The molecule has 6 nitrogen and oxygen atoms in total. The number of nitrogens with one attached hydrogen (secondary N) is 1. The lowest BCUT2D eigenvalue weighted by Crippen LogP contribution is -2.50. The Hall–Kier alpha value is -1.89. The summed E-state index contributed by atoms with van der Waals surface area (Å²) in [6.45, 7) is 6.34. The highest BCUT2D eigenvalue weighted by molar-refractivity contribution is 6.29. The van der Waals surface area contributed by atoms with Crippen LogP contribution >= 0.6 is 11.6 Å². The van der Waals surface area contributed by atoms with Crippen LogP contribution in [0.1, 0.15) is 44.0 Å². The van der Waals surface area contributed by atoms with Gasteiger partial charge in [0.2, 0.25) is 0 Å². The van der Waals surface area contributed by atoms with E-state index < -0.39 is 23.4 Å². The fourth-order valence-corrected chi connectivity index (χ4v) is 2.50. The predicted octanol–water partition coefficient (Wildman–Crippen LogP) is 3.00. The standard InChI is InChI=1S/C16H21ClFN3O3/c1-16(2,3)24-15(23)21-6-4-5-11(9-21)20-14(22)10-7-12(18)13(17)19-8-10/h7-8,11H,4-6,9H2,1-3H3,(H,20,22)/t11-/m1/s1. The van der Waals surface area contributed by atoms with Crippen LogP contribution in [0.4, 0.5) is 9.18 Å². The topological polar surface area (TPSA) is 71.5 Å². The van der Waals surface area contributed by atoms with E-state index in [9.17, 15) is 14.0 Å². The highest BCUT2D eigenvalue weighted by Gasteiger charge is 2.28. The van der Waals surface area contributed by atoms with Gasteiger partial charge in [-0.25, -0.2) is 14.2 Å². The first-order chi connectivity index (χ1) is 11.2. The monoisotopic (exact) mass is 357 g/mol. The molecule has 0 saturated carbocycles. The number of aromatic nitrogens is 1. The van der Waals surface area contributed by atoms with Gasteiger partial charge in [-0.05, 0) is 39.7 Å². The molecule has 1 aliphatic heterocycles. The van der Waals surface area contributed by atoms with E-state index in [0.717, 1.165) is 18.9 Å². The van der Waals surface area contributed by atoms with E-state index in [0.29, 0.717) is 13.1 Å². The summed E-state index contributed by atoms with van der Waals surface area (Å²) in [7, 11) is 0. The van der Waals surface area contributed by atoms with Gasteiger partial charge in [-0.3, -0.25) is 4.79 Å². The molecule has 0 unspecified atom stereocenters. The van der Waals surface area contributed by atoms with E-state index in [4.69, 9.17) is 16.3 Å². The van der Waals surface area contributed by atoms with E-state index in [2.05, 4.69) is 10.3 Å². The molecule has 1 fully saturated rings. The molecule has 1 aromatic heterocycles. The number of hydrogen-bond acceptors (Lipinski definition) is 4. The molecule has 0 aromatic carbocycles. The second kappa shape index (κ2) is 7.34. The largest absolute Gasteiger partial charge is 0.444 e. The summed E-state index contributed by atoms with van der Waals surface area (Å²) in [6.07, 6.45) is 2.29. The van der Waals surface area contributed by atoms with Crippen LogP contribution in [-0.4, -0.2) is 46.6 Å². The van der Waals surface area contributed by atoms with E-state index in [1.165, 1.54) is 6.20 Å². The van der Waals surface area contributed by atoms with Gasteiger partial charge >= 0.3 is 6.09 Å². The fourth-order valence-electron chi connectivity index (χ4n) is 2.40. The Bertz CT molecular complexity index is 633. The van der Waals surface area contributed by atoms with Gasteiger partial charge in [0.15, 0.2) is 11.0 Å². The lowest BCUT2D eigenvalue weighted by molar-refractivity contribution is 0.0185. The van der Waals surface area contributed by atoms with Gasteiger partial charge in [0.25, 0.3) is 5.91 Å². The van der Waals surface area contributed by atoms with Crippen molar-refractivity contribution in [3.8, 4) is 0 Å². The summed E-state index contributed by atoms with van der Waals surface area (Å²) >= 11 is 5.51. The van der Waals surface area contributed by atoms with Crippen molar-refractivity contribution >= 4 is 23.6 Å². The number of carbonyl (C=O) groups excluding carboxylic acids is 2. The number of ether oxygens (including phenoxy) is 1. The van der Waals surface area contributed by atoms with Crippen LogP contribution in [0.2, 0.25) is 5.15 Å². The van der Waals surface area contributed by atoms with Gasteiger partial charge in [0, 0.05) is 25.3 Å². The molecular formula is C16H21ClFN3O3. The zero-order chi connectivity index (χ0) is 17.9. The van der Waals surface area contributed by atoms with E-state index in [1.54, 1.807) is 25.7 Å². The quantitative estimate of drug-likeness (QED) is 0.826. The normalized spacial score (nSPS) is 18.2. The molecule has 1 saturated heterocycles. The summed E-state index contributed by atoms with van der Waals surface area (Å²) < 4.78 is 18.7. The molecule has 2 rings (SSSR count). The molecule has 0 radical (unpaired) electrons. The maximum atomic E-state index is 13.4. The van der Waals surface area contributed by atoms with Crippen molar-refractivity contribution in [3.63, 3.8) is 0 Å². The molecule has 0 bridgehead atoms. The Morgan fingerprint density at radius 3 is 2.79 bits per heavy atom. The van der Waals surface area contributed by atoms with Gasteiger partial charge in [-0.2, -0.15) is 0 Å². The number of pyridine rings is 1. The highest BCUT2D eigenvalue weighted by atomic mass is 35.5. The minimum atomic E-state index is -0.747. The number of nitrogens with zero attached hydrogens (tertiary/aromatic N) is 2. The zero-order valence-electron chi connectivity index (χ0n) is 13.9. The molecule has 0 spiro atoms. The molecule has 132 valence electrons. The Labute approximate surface area is 145 Å². The Morgan fingerprint density at radius 1 is 1.46 bits per heavy atom. The number of piperidine rings is 1. The Morgan fingerprint density at radius 2 is 2.17 bits per heavy atom. The van der Waals surface area contributed by atoms with Crippen LogP contribution in [0.3, 0.4) is 0 Å². The second-order valence-corrected chi connectivity index (χ2v) is 7.09. The summed E-state index contributed by atoms with van der Waals surface area (Å²) in [5, 5.41) is 2.51. The van der Waals surface area contributed by atoms with E-state index >= 15 is 0 Å². The van der Waals surface area contributed by atoms with Crippen LogP contribution < -0.4 is 5.32 Å². The zero-order valence-corrected chi connectivity index (χ0v) is 14.7. The Kier molecular flexibility index (Phi) is 5.64. The molecule has 1 aromatic rings. The second-order valence-electron chi connectivity index (χ2n) is 6.74. The molecular weight excluding hydrogens is 337 g/mol. The van der Waals surface area contributed by atoms with Crippen LogP contribution in [0.5, 0.6) is 0 Å². The number of amides is 2. The van der Waals surface area contributed by atoms with Gasteiger partial charge in [-0.1, -0.05) is 11.6 Å². The highest BCUT2D eigenvalue weighted by Crippen LogP contribution is 2.16. The minimum Gasteiger partial charge on any atom is -0.444 e. The van der Waals surface area contributed by atoms with Crippen molar-refractivity contribution < 1.29 is 18.7 Å². The minimum absolute atomic E-state index is 0.0892. The maximum absolute atomic E-state index is 13.4. The maximum Gasteiger partial charge on any atom is 0.410 e. The van der Waals surface area contributed by atoms with Crippen molar-refractivity contribution in [1.29, 1.82) is 0 Å². The predicted molar refractivity (Wildman–Crippen MR) is 87.5 cm³/mol. The Balaban J connectivity index is 1.96. The number of likely N-dealkylation sites (tertiary alicyclic amines) is 1. The van der Waals surface area contributed by atoms with Crippen LogP contribution in [-0.2, 0) is 4.74 Å². The average molecular weight is 358 g/mol. The number of halogens is 2. The van der Waals surface area contributed by atoms with Gasteiger partial charge in [-0.15, -0.1) is 0 Å². The lowest BCUT2D eigenvalue weighted by Gasteiger charge is -2.34. The first-order valence-electron chi connectivity index (χ1n) is 7.75. The third kappa shape index (κ3) is 5.06. The van der Waals surface area contributed by atoms with Crippen molar-refractivity contribution in [3.05, 3.63) is 28.8 Å². The van der Waals surface area contributed by atoms with E-state index in [1.807, 2.05) is 0 Å². The average Bonchev–Trinajstić information content (AvgIpc) is 2.48. The molecule has 2 heterocycles. The molecule has 8 heteroatoms. The first kappa shape index (κ1) is 18.4. The summed E-state index contributed by atoms with van der Waals surface area (Å²) in [5.41, 5.74) is -0.481. The van der Waals surface area contributed by atoms with Gasteiger partial charge < -0.3 is 15.0 Å². The smallest absolute Gasteiger partial charge is 0.410 e. The molecule has 1 aliphatic rings. The third-order valence-electron chi connectivity index (χ3n) is 3.47. The van der Waals surface area contributed by atoms with E-state index in [-0.39, 0.29) is 16.8 Å². The van der Waals surface area contributed by atoms with Crippen molar-refractivity contribution in [1.82, 2.24) is 15.2 Å². The fraction of sp³-hybridized carbons (Fsp3) is 0.562. The van der Waals surface area contributed by atoms with Crippen LogP contribution in [0.25, 0.3) is 0 Å². The third-order valence-corrected chi connectivity index (χ3v) is 3.74. The van der Waals surface area contributed by atoms with Gasteiger partial charge in [0.1, 0.15) is 5.60 Å². The van der Waals surface area contributed by atoms with Crippen molar-refractivity contribution in [2.45, 2.75) is 45.3 Å². The summed E-state index contributed by atoms with van der Waals surface area (Å²) in [6, 6.07) is 0.816. The number of hydrogen-bond donors (Lipinski definition) is 1. The molecule has 2 amide bonds. The number of rotatable bonds is 2. The number of carbonyl (C=O) groups is 2. The molecule has 1 N–H and O–H groups in total. The molecule has 0 aliphatic carbocycles. The summed E-state index contributed by atoms with van der Waals surface area (Å²) in [4.78, 5) is 29.5. The van der Waals surface area contributed by atoms with Gasteiger partial charge in [0.05, 0.1) is 5.56 Å². The molecule has 1 atom stereocenters.